The lowest BCUT2D eigenvalue weighted by Crippen LogP contribution is -2.10. The fourth-order valence-electron chi connectivity index (χ4n) is 1.66. The van der Waals surface area contributed by atoms with Crippen LogP contribution in [0.5, 0.6) is 11.5 Å². The molecule has 2 aromatic rings. The van der Waals surface area contributed by atoms with Crippen molar-refractivity contribution in [1.29, 1.82) is 0 Å². The van der Waals surface area contributed by atoms with Gasteiger partial charge >= 0.3 is 0 Å². The summed E-state index contributed by atoms with van der Waals surface area (Å²) in [4.78, 5) is 0.380. The van der Waals surface area contributed by atoms with Gasteiger partial charge in [0.15, 0.2) is 0 Å². The zero-order valence-corrected chi connectivity index (χ0v) is 13.3. The summed E-state index contributed by atoms with van der Waals surface area (Å²) in [7, 11) is 0. The highest BCUT2D eigenvalue weighted by molar-refractivity contribution is 9.10. The Morgan fingerprint density at radius 3 is 2.58 bits per heavy atom. The van der Waals surface area contributed by atoms with Crippen LogP contribution in [-0.4, -0.2) is 4.99 Å². The number of hydrogen-bond donors (Lipinski definition) is 1. The zero-order valence-electron chi connectivity index (χ0n) is 10.1. The van der Waals surface area contributed by atoms with Crippen molar-refractivity contribution in [3.8, 4) is 11.5 Å². The Labute approximate surface area is 130 Å². The maximum Gasteiger partial charge on any atom is 0.146 e. The van der Waals surface area contributed by atoms with E-state index in [9.17, 15) is 0 Å². The lowest BCUT2D eigenvalue weighted by molar-refractivity contribution is 0.482. The van der Waals surface area contributed by atoms with Gasteiger partial charge in [-0.15, -0.1) is 0 Å². The monoisotopic (exact) mass is 355 g/mol. The highest BCUT2D eigenvalue weighted by atomic mass is 79.9. The number of thiocarbonyl (C=S) groups is 1. The lowest BCUT2D eigenvalue weighted by Gasteiger charge is -2.10. The molecule has 19 heavy (non-hydrogen) atoms. The minimum absolute atomic E-state index is 0.380. The SMILES string of the molecule is Cc1cc(Oc2ccc(Br)cc2Cl)ccc1C(N)=S. The van der Waals surface area contributed by atoms with Gasteiger partial charge in [-0.2, -0.15) is 0 Å². The summed E-state index contributed by atoms with van der Waals surface area (Å²) < 4.78 is 6.65. The molecule has 0 unspecified atom stereocenters. The van der Waals surface area contributed by atoms with E-state index >= 15 is 0 Å². The first-order chi connectivity index (χ1) is 8.97. The molecule has 0 spiro atoms. The molecule has 2 aromatic carbocycles. The molecule has 2 nitrogen and oxygen atoms in total. The van der Waals surface area contributed by atoms with Gasteiger partial charge in [0.25, 0.3) is 0 Å². The van der Waals surface area contributed by atoms with E-state index in [4.69, 9.17) is 34.3 Å². The summed E-state index contributed by atoms with van der Waals surface area (Å²) in [5.74, 6) is 1.30. The van der Waals surface area contributed by atoms with Gasteiger partial charge in [0.1, 0.15) is 16.5 Å². The van der Waals surface area contributed by atoms with Crippen molar-refractivity contribution < 1.29 is 4.74 Å². The molecule has 0 aliphatic heterocycles. The van der Waals surface area contributed by atoms with Gasteiger partial charge in [-0.1, -0.05) is 39.7 Å². The van der Waals surface area contributed by atoms with Crippen molar-refractivity contribution >= 4 is 44.7 Å². The Morgan fingerprint density at radius 1 is 1.26 bits per heavy atom. The zero-order chi connectivity index (χ0) is 14.0. The van der Waals surface area contributed by atoms with Gasteiger partial charge in [-0.25, -0.2) is 0 Å². The molecule has 98 valence electrons. The number of aryl methyl sites for hydroxylation is 1. The second-order valence-corrected chi connectivity index (χ2v) is 5.78. The first-order valence-electron chi connectivity index (χ1n) is 5.51. The second kappa shape index (κ2) is 5.90. The maximum absolute atomic E-state index is 6.11. The van der Waals surface area contributed by atoms with E-state index < -0.39 is 0 Å². The van der Waals surface area contributed by atoms with E-state index in [0.29, 0.717) is 21.5 Å². The number of ether oxygens (including phenoxy) is 1. The Balaban J connectivity index is 2.29. The minimum atomic E-state index is 0.380. The molecule has 0 aromatic heterocycles. The van der Waals surface area contributed by atoms with Crippen LogP contribution in [0.25, 0.3) is 0 Å². The van der Waals surface area contributed by atoms with Crippen molar-refractivity contribution in [2.24, 2.45) is 5.73 Å². The predicted molar refractivity (Wildman–Crippen MR) is 86.3 cm³/mol. The Bertz CT molecular complexity index is 645. The summed E-state index contributed by atoms with van der Waals surface area (Å²) in [5.41, 5.74) is 7.44. The second-order valence-electron chi connectivity index (χ2n) is 4.02. The van der Waals surface area contributed by atoms with Crippen LogP contribution in [0.1, 0.15) is 11.1 Å². The number of hydrogen-bond acceptors (Lipinski definition) is 2. The number of halogens is 2. The fraction of sp³-hybridized carbons (Fsp3) is 0.0714. The normalized spacial score (nSPS) is 10.3. The van der Waals surface area contributed by atoms with Crippen LogP contribution < -0.4 is 10.5 Å². The molecule has 2 N–H and O–H groups in total. The van der Waals surface area contributed by atoms with Gasteiger partial charge in [-0.05, 0) is 48.9 Å². The summed E-state index contributed by atoms with van der Waals surface area (Å²) in [6.45, 7) is 1.94. The van der Waals surface area contributed by atoms with Crippen LogP contribution >= 0.6 is 39.7 Å². The molecule has 0 radical (unpaired) electrons. The number of nitrogens with two attached hydrogens (primary N) is 1. The highest BCUT2D eigenvalue weighted by Crippen LogP contribution is 2.32. The van der Waals surface area contributed by atoms with Gasteiger partial charge in [-0.3, -0.25) is 0 Å². The molecule has 0 saturated carbocycles. The third-order valence-corrected chi connectivity index (χ3v) is 3.59. The molecular weight excluding hydrogens is 346 g/mol. The van der Waals surface area contributed by atoms with Crippen molar-refractivity contribution in [3.05, 3.63) is 57.0 Å². The maximum atomic E-state index is 6.11. The molecule has 0 amide bonds. The van der Waals surface area contributed by atoms with Crippen molar-refractivity contribution in [1.82, 2.24) is 0 Å². The molecule has 2 rings (SSSR count). The smallest absolute Gasteiger partial charge is 0.146 e. The van der Waals surface area contributed by atoms with Crippen molar-refractivity contribution in [2.45, 2.75) is 6.92 Å². The fourth-order valence-corrected chi connectivity index (χ4v) is 2.60. The van der Waals surface area contributed by atoms with E-state index in [1.165, 1.54) is 0 Å². The topological polar surface area (TPSA) is 35.2 Å². The molecule has 0 heterocycles. The van der Waals surface area contributed by atoms with Gasteiger partial charge < -0.3 is 10.5 Å². The number of benzene rings is 2. The molecule has 0 aliphatic rings. The lowest BCUT2D eigenvalue weighted by atomic mass is 10.1. The average molecular weight is 357 g/mol. The van der Waals surface area contributed by atoms with E-state index in [1.54, 1.807) is 6.07 Å². The molecule has 5 heteroatoms. The van der Waals surface area contributed by atoms with Crippen LogP contribution in [0.4, 0.5) is 0 Å². The van der Waals surface area contributed by atoms with Crippen LogP contribution in [0.15, 0.2) is 40.9 Å². The van der Waals surface area contributed by atoms with E-state index in [1.807, 2.05) is 37.3 Å². The number of rotatable bonds is 3. The third kappa shape index (κ3) is 3.47. The van der Waals surface area contributed by atoms with Crippen LogP contribution in [0.3, 0.4) is 0 Å². The summed E-state index contributed by atoms with van der Waals surface area (Å²) in [6, 6.07) is 11.0. The summed E-state index contributed by atoms with van der Waals surface area (Å²) in [5, 5.41) is 0.547. The quantitative estimate of drug-likeness (QED) is 0.799. The Hall–Kier alpha value is -1.10. The molecule has 0 aliphatic carbocycles. The van der Waals surface area contributed by atoms with Gasteiger partial charge in [0.05, 0.1) is 5.02 Å². The summed E-state index contributed by atoms with van der Waals surface area (Å²) in [6.07, 6.45) is 0. The van der Waals surface area contributed by atoms with E-state index in [0.717, 1.165) is 15.6 Å². The van der Waals surface area contributed by atoms with Crippen LogP contribution in [0.2, 0.25) is 5.02 Å². The largest absolute Gasteiger partial charge is 0.456 e. The van der Waals surface area contributed by atoms with Crippen LogP contribution in [-0.2, 0) is 0 Å². The van der Waals surface area contributed by atoms with E-state index in [2.05, 4.69) is 15.9 Å². The molecule has 0 atom stereocenters. The summed E-state index contributed by atoms with van der Waals surface area (Å²) >= 11 is 14.4. The third-order valence-electron chi connectivity index (χ3n) is 2.59. The molecule has 0 saturated heterocycles. The van der Waals surface area contributed by atoms with Gasteiger partial charge in [0, 0.05) is 10.0 Å². The van der Waals surface area contributed by atoms with Crippen molar-refractivity contribution in [2.75, 3.05) is 0 Å². The minimum Gasteiger partial charge on any atom is -0.456 e. The molecule has 0 fully saturated rings. The highest BCUT2D eigenvalue weighted by Gasteiger charge is 2.07. The Morgan fingerprint density at radius 2 is 2.00 bits per heavy atom. The van der Waals surface area contributed by atoms with E-state index in [-0.39, 0.29) is 0 Å². The average Bonchev–Trinajstić information content (AvgIpc) is 2.32. The van der Waals surface area contributed by atoms with Crippen LogP contribution in [0, 0.1) is 6.92 Å². The first-order valence-corrected chi connectivity index (χ1v) is 7.08. The predicted octanol–water partition coefficient (Wildman–Crippen LogP) is 4.84. The standard InChI is InChI=1S/C14H11BrClNOS/c1-8-6-10(3-4-11(8)14(17)19)18-13-5-2-9(15)7-12(13)16/h2-7H,1H3,(H2,17,19). The molecule has 0 bridgehead atoms. The first kappa shape index (κ1) is 14.3. The van der Waals surface area contributed by atoms with Crippen molar-refractivity contribution in [3.63, 3.8) is 0 Å². The Kier molecular flexibility index (Phi) is 4.45. The van der Waals surface area contributed by atoms with Gasteiger partial charge in [0.2, 0.25) is 0 Å². The molecular formula is C14H11BrClNOS.